The Bertz CT molecular complexity index is 601. The Kier molecular flexibility index (Phi) is 6.53. The molecule has 0 aliphatic rings. The lowest BCUT2D eigenvalue weighted by Gasteiger charge is -2.07. The Morgan fingerprint density at radius 1 is 1.24 bits per heavy atom. The highest BCUT2D eigenvalue weighted by Gasteiger charge is 2.08. The third-order valence-electron chi connectivity index (χ3n) is 2.72. The Hall–Kier alpha value is -1.05. The summed E-state index contributed by atoms with van der Waals surface area (Å²) in [7, 11) is 0. The van der Waals surface area contributed by atoms with Crippen LogP contribution in [-0.4, -0.2) is 27.6 Å². The van der Waals surface area contributed by atoms with Gasteiger partial charge in [-0.1, -0.05) is 66.0 Å². The number of carbonyl (C=O) groups excluding carboxylic acids is 1. The molecule has 0 spiro atoms. The summed E-state index contributed by atoms with van der Waals surface area (Å²) in [5.74, 6) is 1.37. The second-order valence-corrected chi connectivity index (χ2v) is 7.97. The quantitative estimate of drug-likeness (QED) is 0.784. The molecule has 1 N–H and O–H groups in total. The minimum absolute atomic E-state index is 0.0168. The summed E-state index contributed by atoms with van der Waals surface area (Å²) in [6.45, 7) is 4.70. The molecule has 2 aromatic rings. The lowest BCUT2D eigenvalue weighted by molar-refractivity contribution is -0.118. The molecular weight excluding hydrogens is 322 g/mol. The number of carbonyl (C=O) groups is 1. The van der Waals surface area contributed by atoms with Crippen LogP contribution >= 0.6 is 34.9 Å². The first-order valence-electron chi connectivity index (χ1n) is 6.59. The van der Waals surface area contributed by atoms with Crippen molar-refractivity contribution in [3.8, 4) is 0 Å². The number of nitrogens with zero attached hydrogens (tertiary/aromatic N) is 2. The fourth-order valence-electron chi connectivity index (χ4n) is 1.62. The van der Waals surface area contributed by atoms with Gasteiger partial charge in [-0.15, -0.1) is 10.2 Å². The molecule has 0 fully saturated rings. The van der Waals surface area contributed by atoms with E-state index in [0.29, 0.717) is 12.3 Å². The van der Waals surface area contributed by atoms with Gasteiger partial charge in [-0.3, -0.25) is 4.79 Å². The lowest BCUT2D eigenvalue weighted by Crippen LogP contribution is -2.24. The zero-order valence-corrected chi connectivity index (χ0v) is 14.4. The minimum Gasteiger partial charge on any atom is -0.351 e. The van der Waals surface area contributed by atoms with E-state index in [-0.39, 0.29) is 5.91 Å². The van der Waals surface area contributed by atoms with Crippen molar-refractivity contribution in [3.05, 3.63) is 35.4 Å². The predicted molar refractivity (Wildman–Crippen MR) is 90.1 cm³/mol. The number of thioether (sulfide) groups is 2. The fraction of sp³-hybridized carbons (Fsp3) is 0.357. The first-order valence-corrected chi connectivity index (χ1v) is 9.38. The van der Waals surface area contributed by atoms with Gasteiger partial charge in [0.05, 0.1) is 5.75 Å². The summed E-state index contributed by atoms with van der Waals surface area (Å²) < 4.78 is 1.80. The van der Waals surface area contributed by atoms with Gasteiger partial charge in [0.15, 0.2) is 8.68 Å². The van der Waals surface area contributed by atoms with Crippen molar-refractivity contribution < 1.29 is 4.79 Å². The molecule has 1 aromatic heterocycles. The number of amides is 1. The summed E-state index contributed by atoms with van der Waals surface area (Å²) in [4.78, 5) is 11.9. The largest absolute Gasteiger partial charge is 0.351 e. The number of hydrogen-bond acceptors (Lipinski definition) is 6. The molecule has 2 rings (SSSR count). The molecule has 0 bridgehead atoms. The number of aromatic nitrogens is 2. The van der Waals surface area contributed by atoms with E-state index in [1.54, 1.807) is 23.1 Å². The molecule has 0 atom stereocenters. The molecule has 0 aliphatic carbocycles. The molecule has 21 heavy (non-hydrogen) atoms. The Labute approximate surface area is 137 Å². The zero-order chi connectivity index (χ0) is 15.1. The predicted octanol–water partition coefficient (Wildman–Crippen LogP) is 3.37. The van der Waals surface area contributed by atoms with Crippen LogP contribution in [-0.2, 0) is 11.3 Å². The van der Waals surface area contributed by atoms with E-state index in [1.807, 2.05) is 31.2 Å². The van der Waals surface area contributed by atoms with Gasteiger partial charge in [0.25, 0.3) is 0 Å². The molecule has 0 aliphatic heterocycles. The molecule has 0 saturated carbocycles. The number of rotatable bonds is 7. The van der Waals surface area contributed by atoms with Crippen molar-refractivity contribution >= 4 is 40.8 Å². The molecule has 1 heterocycles. The Morgan fingerprint density at radius 3 is 2.67 bits per heavy atom. The van der Waals surface area contributed by atoms with Gasteiger partial charge in [0.2, 0.25) is 5.91 Å². The number of benzene rings is 1. The smallest absolute Gasteiger partial charge is 0.230 e. The fourth-order valence-corrected chi connectivity index (χ4v) is 4.36. The molecule has 0 radical (unpaired) electrons. The number of hydrogen-bond donors (Lipinski definition) is 1. The highest BCUT2D eigenvalue weighted by atomic mass is 32.2. The normalized spacial score (nSPS) is 10.6. The third-order valence-corrected chi connectivity index (χ3v) is 5.79. The van der Waals surface area contributed by atoms with E-state index in [9.17, 15) is 4.79 Å². The molecular formula is C14H17N3OS3. The van der Waals surface area contributed by atoms with Crippen molar-refractivity contribution in [2.24, 2.45) is 0 Å². The maximum absolute atomic E-state index is 11.9. The van der Waals surface area contributed by atoms with Crippen LogP contribution in [0.25, 0.3) is 0 Å². The van der Waals surface area contributed by atoms with Crippen LogP contribution in [0.2, 0.25) is 0 Å². The molecule has 0 saturated heterocycles. The number of aryl methyl sites for hydroxylation is 1. The molecule has 0 unspecified atom stereocenters. The maximum Gasteiger partial charge on any atom is 0.230 e. The Morgan fingerprint density at radius 2 is 1.95 bits per heavy atom. The molecule has 4 nitrogen and oxygen atoms in total. The summed E-state index contributed by atoms with van der Waals surface area (Å²) in [5, 5.41) is 11.1. The van der Waals surface area contributed by atoms with Crippen molar-refractivity contribution in [1.82, 2.24) is 15.5 Å². The van der Waals surface area contributed by atoms with E-state index < -0.39 is 0 Å². The summed E-state index contributed by atoms with van der Waals surface area (Å²) >= 11 is 4.64. The average molecular weight is 340 g/mol. The van der Waals surface area contributed by atoms with E-state index in [1.165, 1.54) is 17.3 Å². The van der Waals surface area contributed by atoms with Crippen LogP contribution in [0.5, 0.6) is 0 Å². The van der Waals surface area contributed by atoms with Crippen LogP contribution in [0.1, 0.15) is 18.1 Å². The first kappa shape index (κ1) is 16.3. The van der Waals surface area contributed by atoms with Crippen LogP contribution in [0, 0.1) is 6.92 Å². The van der Waals surface area contributed by atoms with E-state index in [0.717, 1.165) is 20.0 Å². The van der Waals surface area contributed by atoms with E-state index >= 15 is 0 Å². The molecule has 1 aromatic carbocycles. The molecule has 7 heteroatoms. The van der Waals surface area contributed by atoms with E-state index in [4.69, 9.17) is 0 Å². The van der Waals surface area contributed by atoms with Gasteiger partial charge in [0, 0.05) is 6.54 Å². The van der Waals surface area contributed by atoms with Gasteiger partial charge in [-0.25, -0.2) is 0 Å². The highest BCUT2D eigenvalue weighted by Crippen LogP contribution is 2.28. The summed E-state index contributed by atoms with van der Waals surface area (Å²) in [6, 6.07) is 8.06. The zero-order valence-electron chi connectivity index (χ0n) is 12.0. The average Bonchev–Trinajstić information content (AvgIpc) is 2.92. The van der Waals surface area contributed by atoms with E-state index in [2.05, 4.69) is 22.4 Å². The molecule has 112 valence electrons. The monoisotopic (exact) mass is 339 g/mol. The van der Waals surface area contributed by atoms with Crippen LogP contribution in [0.3, 0.4) is 0 Å². The minimum atomic E-state index is 0.0168. The first-order chi connectivity index (χ1) is 10.2. The Balaban J connectivity index is 1.75. The van der Waals surface area contributed by atoms with Crippen molar-refractivity contribution in [2.45, 2.75) is 29.1 Å². The van der Waals surface area contributed by atoms with Gasteiger partial charge in [-0.2, -0.15) is 0 Å². The lowest BCUT2D eigenvalue weighted by atomic mass is 10.1. The summed E-state index contributed by atoms with van der Waals surface area (Å²) in [6.07, 6.45) is 0. The van der Waals surface area contributed by atoms with Gasteiger partial charge in [0.1, 0.15) is 0 Å². The summed E-state index contributed by atoms with van der Waals surface area (Å²) in [5.41, 5.74) is 2.34. The topological polar surface area (TPSA) is 54.9 Å². The third kappa shape index (κ3) is 5.33. The second-order valence-electron chi connectivity index (χ2n) is 4.26. The van der Waals surface area contributed by atoms with Crippen molar-refractivity contribution in [1.29, 1.82) is 0 Å². The SMILES string of the molecule is CCSc1nnc(SCC(=O)NCc2ccccc2C)s1. The standard InChI is InChI=1S/C14H17N3OS3/c1-3-19-13-16-17-14(21-13)20-9-12(18)15-8-11-7-5-4-6-10(11)2/h4-7H,3,8-9H2,1-2H3,(H,15,18). The molecule has 1 amide bonds. The highest BCUT2D eigenvalue weighted by molar-refractivity contribution is 8.03. The van der Waals surface area contributed by atoms with Crippen LogP contribution < -0.4 is 5.32 Å². The number of nitrogens with one attached hydrogen (secondary N) is 1. The van der Waals surface area contributed by atoms with Crippen molar-refractivity contribution in [2.75, 3.05) is 11.5 Å². The van der Waals surface area contributed by atoms with Gasteiger partial charge in [-0.05, 0) is 23.8 Å². The van der Waals surface area contributed by atoms with Gasteiger partial charge < -0.3 is 5.32 Å². The van der Waals surface area contributed by atoms with Crippen molar-refractivity contribution in [3.63, 3.8) is 0 Å². The van der Waals surface area contributed by atoms with Crippen LogP contribution in [0.15, 0.2) is 32.9 Å². The second kappa shape index (κ2) is 8.41. The van der Waals surface area contributed by atoms with Gasteiger partial charge >= 0.3 is 0 Å². The maximum atomic E-state index is 11.9. The van der Waals surface area contributed by atoms with Crippen LogP contribution in [0.4, 0.5) is 0 Å².